The van der Waals surface area contributed by atoms with Crippen LogP contribution in [0, 0.1) is 5.82 Å². The molecule has 1 aliphatic heterocycles. The molecule has 1 fully saturated rings. The lowest BCUT2D eigenvalue weighted by Crippen LogP contribution is -2.46. The fourth-order valence-electron chi connectivity index (χ4n) is 4.00. The summed E-state index contributed by atoms with van der Waals surface area (Å²) in [7, 11) is 0. The van der Waals surface area contributed by atoms with Crippen LogP contribution in [0.3, 0.4) is 0 Å². The topological polar surface area (TPSA) is 101 Å². The predicted octanol–water partition coefficient (Wildman–Crippen LogP) is 4.34. The van der Waals surface area contributed by atoms with Crippen LogP contribution in [0.25, 0.3) is 0 Å². The molecule has 2 heterocycles. The summed E-state index contributed by atoms with van der Waals surface area (Å²) in [4.78, 5) is 43.5. The first-order valence-corrected chi connectivity index (χ1v) is 11.7. The molecule has 0 saturated carbocycles. The van der Waals surface area contributed by atoms with Gasteiger partial charge < -0.3 is 15.4 Å². The first-order valence-electron chi connectivity index (χ1n) is 11.7. The van der Waals surface area contributed by atoms with Crippen LogP contribution >= 0.6 is 0 Å². The number of rotatable bonds is 9. The van der Waals surface area contributed by atoms with Crippen LogP contribution < -0.4 is 10.6 Å². The van der Waals surface area contributed by atoms with E-state index < -0.39 is 24.1 Å². The lowest BCUT2D eigenvalue weighted by molar-refractivity contribution is -0.126. The molecule has 0 radical (unpaired) electrons. The minimum absolute atomic E-state index is 0.0775. The van der Waals surface area contributed by atoms with E-state index in [4.69, 9.17) is 4.74 Å². The molecule has 2 N–H and O–H groups in total. The first kappa shape index (κ1) is 24.8. The van der Waals surface area contributed by atoms with Crippen molar-refractivity contribution >= 4 is 23.6 Å². The van der Waals surface area contributed by atoms with E-state index >= 15 is 0 Å². The van der Waals surface area contributed by atoms with Crippen molar-refractivity contribution in [1.82, 2.24) is 15.2 Å². The van der Waals surface area contributed by atoms with E-state index in [2.05, 4.69) is 15.6 Å². The lowest BCUT2D eigenvalue weighted by Gasteiger charge is -2.24. The van der Waals surface area contributed by atoms with Crippen molar-refractivity contribution in [1.29, 1.82) is 0 Å². The van der Waals surface area contributed by atoms with E-state index in [1.54, 1.807) is 60.9 Å². The van der Waals surface area contributed by atoms with Gasteiger partial charge in [-0.25, -0.2) is 9.18 Å². The average molecular weight is 491 g/mol. The van der Waals surface area contributed by atoms with E-state index in [-0.39, 0.29) is 24.9 Å². The van der Waals surface area contributed by atoms with Gasteiger partial charge in [-0.1, -0.05) is 31.2 Å². The summed E-state index contributed by atoms with van der Waals surface area (Å²) in [6, 6.07) is 15.2. The number of nitrogens with zero attached hydrogens (tertiary/aromatic N) is 2. The molecule has 3 amide bonds. The third-order valence-corrected chi connectivity index (χ3v) is 5.84. The fraction of sp³-hybridized carbons (Fsp3) is 0.259. The van der Waals surface area contributed by atoms with Gasteiger partial charge in [0.1, 0.15) is 5.82 Å². The number of halogens is 1. The molecule has 0 aliphatic carbocycles. The second-order valence-corrected chi connectivity index (χ2v) is 8.50. The van der Waals surface area contributed by atoms with Crippen LogP contribution in [-0.2, 0) is 27.4 Å². The quantitative estimate of drug-likeness (QED) is 0.465. The average Bonchev–Trinajstić information content (AvgIpc) is 3.21. The molecule has 8 nitrogen and oxygen atoms in total. The third-order valence-electron chi connectivity index (χ3n) is 5.84. The van der Waals surface area contributed by atoms with Gasteiger partial charge in [0.25, 0.3) is 0 Å². The van der Waals surface area contributed by atoms with Crippen LogP contribution in [0.1, 0.15) is 42.6 Å². The number of aromatic nitrogens is 1. The summed E-state index contributed by atoms with van der Waals surface area (Å²) in [5.41, 5.74) is 2.75. The van der Waals surface area contributed by atoms with Crippen molar-refractivity contribution in [3.05, 3.63) is 95.6 Å². The Kier molecular flexibility index (Phi) is 7.89. The van der Waals surface area contributed by atoms with Crippen LogP contribution in [0.4, 0.5) is 14.9 Å². The highest BCUT2D eigenvalue weighted by molar-refractivity contribution is 5.91. The number of anilines is 1. The molecule has 1 aromatic heterocycles. The number of benzene rings is 2. The summed E-state index contributed by atoms with van der Waals surface area (Å²) in [5, 5.41) is 5.70. The van der Waals surface area contributed by atoms with Crippen molar-refractivity contribution in [3.8, 4) is 0 Å². The van der Waals surface area contributed by atoms with E-state index in [9.17, 15) is 18.8 Å². The van der Waals surface area contributed by atoms with Crippen LogP contribution in [0.15, 0.2) is 73.1 Å². The largest absolute Gasteiger partial charge is 0.438 e. The number of carbonyl (C=O) groups is 3. The highest BCUT2D eigenvalue weighted by Crippen LogP contribution is 2.34. The number of ether oxygens (including phenoxy) is 1. The van der Waals surface area contributed by atoms with Gasteiger partial charge in [-0.3, -0.25) is 19.5 Å². The molecule has 0 spiro atoms. The maximum absolute atomic E-state index is 13.4. The fourth-order valence-corrected chi connectivity index (χ4v) is 4.00. The third kappa shape index (κ3) is 6.04. The maximum Gasteiger partial charge on any atom is 0.411 e. The normalized spacial score (nSPS) is 16.9. The van der Waals surface area contributed by atoms with Crippen molar-refractivity contribution in [3.63, 3.8) is 0 Å². The van der Waals surface area contributed by atoms with Crippen LogP contribution in [0.2, 0.25) is 0 Å². The molecule has 36 heavy (non-hydrogen) atoms. The van der Waals surface area contributed by atoms with Crippen molar-refractivity contribution in [2.75, 3.05) is 5.32 Å². The summed E-state index contributed by atoms with van der Waals surface area (Å²) >= 11 is 0. The van der Waals surface area contributed by atoms with E-state index in [0.717, 1.165) is 12.0 Å². The zero-order valence-electron chi connectivity index (χ0n) is 19.8. The molecule has 2 unspecified atom stereocenters. The van der Waals surface area contributed by atoms with Crippen molar-refractivity contribution < 1.29 is 23.5 Å². The van der Waals surface area contributed by atoms with E-state index in [1.807, 2.05) is 6.92 Å². The number of cyclic esters (lactones) is 1. The van der Waals surface area contributed by atoms with Gasteiger partial charge in [0, 0.05) is 31.0 Å². The Bertz CT molecular complexity index is 1200. The van der Waals surface area contributed by atoms with Crippen molar-refractivity contribution in [2.24, 2.45) is 0 Å². The molecule has 0 bridgehead atoms. The van der Waals surface area contributed by atoms with Gasteiger partial charge >= 0.3 is 6.09 Å². The number of hydrogen-bond donors (Lipinski definition) is 2. The Labute approximate surface area is 208 Å². The SMILES string of the molecule is CCCC(=O)Nc1ccc(C2OC(=O)N(Cc3ccc(F)cc3)C2C(=O)NCc2ccncc2)cc1. The van der Waals surface area contributed by atoms with Gasteiger partial charge in [-0.15, -0.1) is 0 Å². The van der Waals surface area contributed by atoms with Gasteiger partial charge in [0.15, 0.2) is 12.1 Å². The molecule has 3 aromatic rings. The van der Waals surface area contributed by atoms with Crippen LogP contribution in [0.5, 0.6) is 0 Å². The highest BCUT2D eigenvalue weighted by atomic mass is 19.1. The molecule has 2 atom stereocenters. The molecule has 1 saturated heterocycles. The molecule has 1 aliphatic rings. The molecular formula is C27H27FN4O4. The molecular weight excluding hydrogens is 463 g/mol. The number of nitrogens with one attached hydrogen (secondary N) is 2. The van der Waals surface area contributed by atoms with Crippen molar-refractivity contribution in [2.45, 2.75) is 45.0 Å². The zero-order valence-corrected chi connectivity index (χ0v) is 19.8. The molecule has 9 heteroatoms. The molecule has 186 valence electrons. The van der Waals surface area contributed by atoms with E-state index in [1.165, 1.54) is 17.0 Å². The van der Waals surface area contributed by atoms with Crippen LogP contribution in [-0.4, -0.2) is 33.8 Å². The minimum Gasteiger partial charge on any atom is -0.438 e. The Hall–Kier alpha value is -4.27. The monoisotopic (exact) mass is 490 g/mol. The smallest absolute Gasteiger partial charge is 0.411 e. The number of carbonyl (C=O) groups excluding carboxylic acids is 3. The predicted molar refractivity (Wildman–Crippen MR) is 131 cm³/mol. The second kappa shape index (κ2) is 11.4. The molecule has 4 rings (SSSR count). The Balaban J connectivity index is 1.56. The van der Waals surface area contributed by atoms with Gasteiger partial charge in [0.05, 0.1) is 6.54 Å². The van der Waals surface area contributed by atoms with Gasteiger partial charge in [-0.2, -0.15) is 0 Å². The summed E-state index contributed by atoms with van der Waals surface area (Å²) in [6.07, 6.45) is 2.91. The standard InChI is InChI=1S/C27H27FN4O4/c1-2-3-23(33)31-22-10-6-20(7-11-22)25-24(26(34)30-16-18-12-14-29-15-13-18)32(27(35)36-25)17-19-4-8-21(28)9-5-19/h4-15,24-25H,2-3,16-17H2,1H3,(H,30,34)(H,31,33). The second-order valence-electron chi connectivity index (χ2n) is 8.50. The Morgan fingerprint density at radius 3 is 2.36 bits per heavy atom. The minimum atomic E-state index is -0.954. The maximum atomic E-state index is 13.4. The number of pyridine rings is 1. The zero-order chi connectivity index (χ0) is 25.5. The molecule has 2 aromatic carbocycles. The summed E-state index contributed by atoms with van der Waals surface area (Å²) in [6.45, 7) is 2.26. The van der Waals surface area contributed by atoms with Gasteiger partial charge in [0.2, 0.25) is 11.8 Å². The number of hydrogen-bond acceptors (Lipinski definition) is 5. The summed E-state index contributed by atoms with van der Waals surface area (Å²) < 4.78 is 19.0. The lowest BCUT2D eigenvalue weighted by atomic mass is 10.00. The highest BCUT2D eigenvalue weighted by Gasteiger charge is 2.46. The van der Waals surface area contributed by atoms with Gasteiger partial charge in [-0.05, 0) is 59.5 Å². The van der Waals surface area contributed by atoms with E-state index in [0.29, 0.717) is 23.2 Å². The Morgan fingerprint density at radius 2 is 1.69 bits per heavy atom. The Morgan fingerprint density at radius 1 is 1.00 bits per heavy atom. The summed E-state index contributed by atoms with van der Waals surface area (Å²) in [5.74, 6) is -0.861. The first-order chi connectivity index (χ1) is 17.4. The number of amides is 3.